The second-order valence-electron chi connectivity index (χ2n) is 3.62. The van der Waals surface area contributed by atoms with Gasteiger partial charge in [-0.05, 0) is 13.8 Å². The summed E-state index contributed by atoms with van der Waals surface area (Å²) in [7, 11) is 0. The molecule has 0 saturated carbocycles. The normalized spacial score (nSPS) is 9.24. The molecule has 1 aromatic heterocycles. The summed E-state index contributed by atoms with van der Waals surface area (Å²) in [5.41, 5.74) is 1.09. The van der Waals surface area contributed by atoms with Crippen LogP contribution in [0, 0.1) is 21.4 Å². The molecule has 0 radical (unpaired) electrons. The predicted molar refractivity (Wildman–Crippen MR) is 63.5 cm³/mol. The highest BCUT2D eigenvalue weighted by molar-refractivity contribution is 5.58. The number of pyridine rings is 1. The monoisotopic (exact) mass is 232 g/mol. The molecule has 0 aliphatic carbocycles. The first-order chi connectivity index (χ1) is 8.04. The fraction of sp³-hybridized carbons (Fsp3) is 0.273. The average Bonchev–Trinajstić information content (AvgIpc) is 2.28. The van der Waals surface area contributed by atoms with Gasteiger partial charge in [0.05, 0.1) is 10.5 Å². The summed E-state index contributed by atoms with van der Waals surface area (Å²) in [6, 6.07) is 3.02. The van der Waals surface area contributed by atoms with Crippen LogP contribution in [0.4, 0.5) is 11.5 Å². The van der Waals surface area contributed by atoms with E-state index in [0.717, 1.165) is 5.57 Å². The van der Waals surface area contributed by atoms with Crippen LogP contribution in [0.5, 0.6) is 0 Å². The molecule has 0 unspecified atom stereocenters. The lowest BCUT2D eigenvalue weighted by Gasteiger charge is -2.03. The summed E-state index contributed by atoms with van der Waals surface area (Å²) in [5.74, 6) is 0.173. The number of nitriles is 1. The maximum Gasteiger partial charge on any atom is 0.312 e. The number of nitrogens with zero attached hydrogens (tertiary/aromatic N) is 3. The van der Waals surface area contributed by atoms with E-state index in [4.69, 9.17) is 5.26 Å². The van der Waals surface area contributed by atoms with Crippen molar-refractivity contribution in [3.05, 3.63) is 39.6 Å². The van der Waals surface area contributed by atoms with Gasteiger partial charge in [0.2, 0.25) is 5.82 Å². The van der Waals surface area contributed by atoms with Crippen molar-refractivity contribution in [2.24, 2.45) is 0 Å². The lowest BCUT2D eigenvalue weighted by Crippen LogP contribution is -2.05. The van der Waals surface area contributed by atoms with E-state index >= 15 is 0 Å². The Morgan fingerprint density at radius 1 is 1.71 bits per heavy atom. The van der Waals surface area contributed by atoms with Crippen molar-refractivity contribution in [3.63, 3.8) is 0 Å². The van der Waals surface area contributed by atoms with Crippen LogP contribution in [-0.4, -0.2) is 16.5 Å². The average molecular weight is 232 g/mol. The van der Waals surface area contributed by atoms with E-state index in [-0.39, 0.29) is 17.1 Å². The largest absolute Gasteiger partial charge is 0.361 e. The summed E-state index contributed by atoms with van der Waals surface area (Å²) in [5, 5.41) is 22.3. The van der Waals surface area contributed by atoms with E-state index in [2.05, 4.69) is 10.3 Å². The van der Waals surface area contributed by atoms with Crippen molar-refractivity contribution in [3.8, 4) is 6.07 Å². The van der Waals surface area contributed by atoms with Gasteiger partial charge in [0.25, 0.3) is 0 Å². The number of anilines is 1. The van der Waals surface area contributed by atoms with Gasteiger partial charge >= 0.3 is 5.69 Å². The third kappa shape index (κ3) is 3.57. The Labute approximate surface area is 98.7 Å². The molecule has 6 nitrogen and oxygen atoms in total. The molecule has 0 saturated heterocycles. The molecule has 0 fully saturated rings. The van der Waals surface area contributed by atoms with Crippen LogP contribution in [0.25, 0.3) is 0 Å². The van der Waals surface area contributed by atoms with E-state index in [1.165, 1.54) is 12.3 Å². The smallest absolute Gasteiger partial charge is 0.312 e. The maximum atomic E-state index is 10.8. The highest BCUT2D eigenvalue weighted by Crippen LogP contribution is 2.22. The van der Waals surface area contributed by atoms with Gasteiger partial charge in [-0.2, -0.15) is 5.26 Å². The summed E-state index contributed by atoms with van der Waals surface area (Å²) in [6.45, 7) is 4.33. The van der Waals surface area contributed by atoms with E-state index < -0.39 is 4.92 Å². The van der Waals surface area contributed by atoms with Gasteiger partial charge in [0, 0.05) is 18.8 Å². The quantitative estimate of drug-likeness (QED) is 0.488. The maximum absolute atomic E-state index is 10.8. The van der Waals surface area contributed by atoms with Crippen LogP contribution in [0.3, 0.4) is 0 Å². The minimum absolute atomic E-state index is 0.171. The number of nitro groups is 1. The molecule has 6 heteroatoms. The summed E-state index contributed by atoms with van der Waals surface area (Å²) < 4.78 is 0. The topological polar surface area (TPSA) is 91.8 Å². The zero-order chi connectivity index (χ0) is 12.8. The van der Waals surface area contributed by atoms with Crippen LogP contribution in [-0.2, 0) is 0 Å². The molecule has 1 N–H and O–H groups in total. The van der Waals surface area contributed by atoms with Crippen LogP contribution >= 0.6 is 0 Å². The molecule has 0 aliphatic heterocycles. The number of rotatable bonds is 4. The summed E-state index contributed by atoms with van der Waals surface area (Å²) in [6.07, 6.45) is 3.20. The first-order valence-corrected chi connectivity index (χ1v) is 4.96. The first kappa shape index (κ1) is 12.6. The molecular weight excluding hydrogens is 220 g/mol. The van der Waals surface area contributed by atoms with Gasteiger partial charge in [0.15, 0.2) is 0 Å². The number of hydrogen-bond acceptors (Lipinski definition) is 5. The number of allylic oxidation sites excluding steroid dienone is 1. The summed E-state index contributed by atoms with van der Waals surface area (Å²) >= 11 is 0. The number of hydrogen-bond donors (Lipinski definition) is 1. The SMILES string of the molecule is CC(C)=CCNc1ncc(C#N)cc1[N+](=O)[O-]. The van der Waals surface area contributed by atoms with E-state index in [1.807, 2.05) is 26.0 Å². The Hall–Kier alpha value is -2.42. The highest BCUT2D eigenvalue weighted by atomic mass is 16.6. The van der Waals surface area contributed by atoms with E-state index in [9.17, 15) is 10.1 Å². The fourth-order valence-corrected chi connectivity index (χ4v) is 1.14. The molecule has 17 heavy (non-hydrogen) atoms. The predicted octanol–water partition coefficient (Wildman–Crippen LogP) is 2.24. The molecule has 0 bridgehead atoms. The molecule has 1 heterocycles. The van der Waals surface area contributed by atoms with Crippen LogP contribution in [0.2, 0.25) is 0 Å². The van der Waals surface area contributed by atoms with E-state index in [1.54, 1.807) is 0 Å². The molecule has 1 rings (SSSR count). The third-order valence-electron chi connectivity index (χ3n) is 1.97. The zero-order valence-electron chi connectivity index (χ0n) is 9.60. The molecule has 0 amide bonds. The first-order valence-electron chi connectivity index (χ1n) is 4.96. The summed E-state index contributed by atoms with van der Waals surface area (Å²) in [4.78, 5) is 14.1. The minimum Gasteiger partial charge on any atom is -0.361 e. The van der Waals surface area contributed by atoms with Crippen LogP contribution in [0.1, 0.15) is 19.4 Å². The van der Waals surface area contributed by atoms with Gasteiger partial charge in [0.1, 0.15) is 6.07 Å². The Morgan fingerprint density at radius 2 is 2.41 bits per heavy atom. The molecular formula is C11H12N4O2. The molecule has 88 valence electrons. The number of nitrogens with one attached hydrogen (secondary N) is 1. The van der Waals surface area contributed by atoms with Crippen molar-refractivity contribution >= 4 is 11.5 Å². The third-order valence-corrected chi connectivity index (χ3v) is 1.97. The molecule has 1 aromatic rings. The zero-order valence-corrected chi connectivity index (χ0v) is 9.60. The van der Waals surface area contributed by atoms with Gasteiger partial charge in [-0.1, -0.05) is 11.6 Å². The van der Waals surface area contributed by atoms with Gasteiger partial charge in [-0.15, -0.1) is 0 Å². The van der Waals surface area contributed by atoms with Gasteiger partial charge in [-0.25, -0.2) is 4.98 Å². The van der Waals surface area contributed by atoms with Gasteiger partial charge < -0.3 is 5.32 Å². The highest BCUT2D eigenvalue weighted by Gasteiger charge is 2.15. The Balaban J connectivity index is 2.96. The molecule has 0 aliphatic rings. The number of aromatic nitrogens is 1. The Morgan fingerprint density at radius 3 is 2.94 bits per heavy atom. The van der Waals surface area contributed by atoms with Gasteiger partial charge in [-0.3, -0.25) is 10.1 Å². The second-order valence-corrected chi connectivity index (χ2v) is 3.62. The van der Waals surface area contributed by atoms with E-state index in [0.29, 0.717) is 6.54 Å². The molecule has 0 aromatic carbocycles. The van der Waals surface area contributed by atoms with Crippen molar-refractivity contribution in [1.82, 2.24) is 4.98 Å². The van der Waals surface area contributed by atoms with Crippen molar-refractivity contribution in [2.45, 2.75) is 13.8 Å². The van der Waals surface area contributed by atoms with Crippen LogP contribution < -0.4 is 5.32 Å². The second kappa shape index (κ2) is 5.61. The minimum atomic E-state index is -0.557. The lowest BCUT2D eigenvalue weighted by atomic mass is 10.2. The fourth-order valence-electron chi connectivity index (χ4n) is 1.14. The van der Waals surface area contributed by atoms with Crippen molar-refractivity contribution in [1.29, 1.82) is 5.26 Å². The Bertz CT molecular complexity index is 499. The Kier molecular flexibility index (Phi) is 4.17. The molecule has 0 spiro atoms. The lowest BCUT2D eigenvalue weighted by molar-refractivity contribution is -0.384. The van der Waals surface area contributed by atoms with Crippen molar-refractivity contribution < 1.29 is 4.92 Å². The van der Waals surface area contributed by atoms with Crippen molar-refractivity contribution in [2.75, 3.05) is 11.9 Å². The standard InChI is InChI=1S/C11H12N4O2/c1-8(2)3-4-13-11-10(15(16)17)5-9(6-12)7-14-11/h3,5,7H,4H2,1-2H3,(H,13,14). The molecule has 0 atom stereocenters. The van der Waals surface area contributed by atoms with Crippen LogP contribution in [0.15, 0.2) is 23.9 Å².